The average molecular weight is 219 g/mol. The van der Waals surface area contributed by atoms with E-state index < -0.39 is 6.03 Å². The first-order valence-corrected chi connectivity index (χ1v) is 5.22. The topological polar surface area (TPSA) is 66.9 Å². The minimum Gasteiger partial charge on any atom is -0.336 e. The Balaban J connectivity index is 2.42. The van der Waals surface area contributed by atoms with E-state index in [-0.39, 0.29) is 5.56 Å². The first-order chi connectivity index (χ1) is 7.74. The number of hydrogen-bond acceptors (Lipinski definition) is 2. The summed E-state index contributed by atoms with van der Waals surface area (Å²) >= 11 is 0. The van der Waals surface area contributed by atoms with E-state index in [2.05, 4.69) is 10.4 Å². The molecule has 1 aromatic heterocycles. The molecule has 2 rings (SSSR count). The lowest BCUT2D eigenvalue weighted by Crippen LogP contribution is -2.35. The zero-order chi connectivity index (χ0) is 11.5. The van der Waals surface area contributed by atoms with Crippen LogP contribution in [0.15, 0.2) is 29.1 Å². The van der Waals surface area contributed by atoms with Crippen molar-refractivity contribution < 1.29 is 4.79 Å². The van der Waals surface area contributed by atoms with Crippen LogP contribution in [-0.4, -0.2) is 22.4 Å². The van der Waals surface area contributed by atoms with E-state index in [0.717, 1.165) is 11.1 Å². The van der Waals surface area contributed by atoms with Crippen molar-refractivity contribution in [3.05, 3.63) is 34.6 Å². The maximum atomic E-state index is 11.8. The highest BCUT2D eigenvalue weighted by atomic mass is 16.2. The Morgan fingerprint density at radius 1 is 1.44 bits per heavy atom. The fourth-order valence-corrected chi connectivity index (χ4v) is 1.51. The lowest BCUT2D eigenvalue weighted by Gasteiger charge is -2.01. The van der Waals surface area contributed by atoms with Crippen molar-refractivity contribution in [2.75, 3.05) is 6.54 Å². The minimum atomic E-state index is -0.414. The van der Waals surface area contributed by atoms with E-state index >= 15 is 0 Å². The maximum absolute atomic E-state index is 11.8. The molecule has 0 unspecified atom stereocenters. The molecular formula is C11H13N3O2. The second-order valence-corrected chi connectivity index (χ2v) is 3.53. The number of hydrogen-bond donors (Lipinski definition) is 2. The molecule has 0 spiro atoms. The molecule has 0 aliphatic carbocycles. The Labute approximate surface area is 92.1 Å². The number of benzene rings is 1. The molecule has 16 heavy (non-hydrogen) atoms. The van der Waals surface area contributed by atoms with Gasteiger partial charge in [-0.15, -0.1) is 0 Å². The monoisotopic (exact) mass is 219 g/mol. The molecular weight excluding hydrogens is 206 g/mol. The Hall–Kier alpha value is -2.04. The highest BCUT2D eigenvalue weighted by Gasteiger charge is 2.11. The van der Waals surface area contributed by atoms with Gasteiger partial charge in [0.15, 0.2) is 0 Å². The number of nitrogens with zero attached hydrogens (tertiary/aromatic N) is 1. The standard InChI is InChI=1S/C11H13N3O2/c1-2-7-12-11(16)14-10(15)8-5-3-4-6-9(8)13-14/h3-6,13H,2,7H2,1H3,(H,12,16). The number of rotatable bonds is 2. The molecule has 0 aliphatic rings. The third kappa shape index (κ3) is 1.71. The van der Waals surface area contributed by atoms with Gasteiger partial charge in [-0.1, -0.05) is 19.1 Å². The number of aromatic nitrogens is 2. The molecule has 0 atom stereocenters. The van der Waals surface area contributed by atoms with E-state index in [0.29, 0.717) is 17.4 Å². The summed E-state index contributed by atoms with van der Waals surface area (Å²) in [5.41, 5.74) is 0.350. The molecule has 0 saturated heterocycles. The van der Waals surface area contributed by atoms with E-state index in [1.54, 1.807) is 18.2 Å². The summed E-state index contributed by atoms with van der Waals surface area (Å²) < 4.78 is 1.00. The summed E-state index contributed by atoms with van der Waals surface area (Å²) in [4.78, 5) is 23.4. The molecule has 0 aliphatic heterocycles. The summed E-state index contributed by atoms with van der Waals surface area (Å²) in [6, 6.07) is 6.62. The molecule has 2 N–H and O–H groups in total. The number of aromatic amines is 1. The maximum Gasteiger partial charge on any atom is 0.343 e. The van der Waals surface area contributed by atoms with Crippen molar-refractivity contribution in [3.63, 3.8) is 0 Å². The van der Waals surface area contributed by atoms with Crippen molar-refractivity contribution in [2.45, 2.75) is 13.3 Å². The molecule has 1 amide bonds. The fraction of sp³-hybridized carbons (Fsp3) is 0.273. The highest BCUT2D eigenvalue weighted by molar-refractivity contribution is 5.84. The average Bonchev–Trinajstić information content (AvgIpc) is 2.64. The second kappa shape index (κ2) is 4.22. The lowest BCUT2D eigenvalue weighted by atomic mass is 10.3. The van der Waals surface area contributed by atoms with Gasteiger partial charge in [0.25, 0.3) is 5.56 Å². The van der Waals surface area contributed by atoms with Crippen molar-refractivity contribution in [2.24, 2.45) is 0 Å². The molecule has 0 radical (unpaired) electrons. The molecule has 5 nitrogen and oxygen atoms in total. The quantitative estimate of drug-likeness (QED) is 0.799. The van der Waals surface area contributed by atoms with Gasteiger partial charge in [-0.3, -0.25) is 9.89 Å². The van der Waals surface area contributed by atoms with Crippen LogP contribution < -0.4 is 10.9 Å². The second-order valence-electron chi connectivity index (χ2n) is 3.53. The van der Waals surface area contributed by atoms with E-state index in [4.69, 9.17) is 0 Å². The molecule has 0 saturated carbocycles. The third-order valence-corrected chi connectivity index (χ3v) is 2.32. The van der Waals surface area contributed by atoms with Crippen LogP contribution >= 0.6 is 0 Å². The van der Waals surface area contributed by atoms with Crippen LogP contribution in [0.1, 0.15) is 13.3 Å². The number of amides is 1. The predicted octanol–water partition coefficient (Wildman–Crippen LogP) is 1.30. The first-order valence-electron chi connectivity index (χ1n) is 5.22. The van der Waals surface area contributed by atoms with Gasteiger partial charge in [0.1, 0.15) is 0 Å². The summed E-state index contributed by atoms with van der Waals surface area (Å²) in [6.07, 6.45) is 0.834. The molecule has 0 bridgehead atoms. The molecule has 2 aromatic rings. The lowest BCUT2D eigenvalue weighted by molar-refractivity contribution is 0.239. The third-order valence-electron chi connectivity index (χ3n) is 2.32. The number of H-pyrrole nitrogens is 1. The summed E-state index contributed by atoms with van der Waals surface area (Å²) in [5, 5.41) is 5.93. The smallest absolute Gasteiger partial charge is 0.336 e. The SMILES string of the molecule is CCCNC(=O)n1[nH]c2ccccc2c1=O. The molecule has 1 aromatic carbocycles. The van der Waals surface area contributed by atoms with Gasteiger partial charge in [-0.2, -0.15) is 4.68 Å². The van der Waals surface area contributed by atoms with Crippen LogP contribution in [0.2, 0.25) is 0 Å². The predicted molar refractivity (Wildman–Crippen MR) is 61.6 cm³/mol. The van der Waals surface area contributed by atoms with Crippen molar-refractivity contribution in [3.8, 4) is 0 Å². The molecule has 84 valence electrons. The number of fused-ring (bicyclic) bond motifs is 1. The Kier molecular flexibility index (Phi) is 2.76. The van der Waals surface area contributed by atoms with E-state index in [9.17, 15) is 9.59 Å². The highest BCUT2D eigenvalue weighted by Crippen LogP contribution is 2.05. The van der Waals surface area contributed by atoms with E-state index in [1.807, 2.05) is 13.0 Å². The Bertz CT molecular complexity index is 568. The van der Waals surface area contributed by atoms with Crippen LogP contribution in [-0.2, 0) is 0 Å². The van der Waals surface area contributed by atoms with Crippen LogP contribution in [0.3, 0.4) is 0 Å². The van der Waals surface area contributed by atoms with Crippen molar-refractivity contribution >= 4 is 16.9 Å². The van der Waals surface area contributed by atoms with Gasteiger partial charge in [0.05, 0.1) is 10.9 Å². The van der Waals surface area contributed by atoms with Crippen LogP contribution in [0.4, 0.5) is 4.79 Å². The van der Waals surface area contributed by atoms with Gasteiger partial charge in [0, 0.05) is 6.54 Å². The summed E-state index contributed by atoms with van der Waals surface area (Å²) in [6.45, 7) is 2.51. The van der Waals surface area contributed by atoms with Gasteiger partial charge < -0.3 is 5.32 Å². The van der Waals surface area contributed by atoms with Gasteiger partial charge in [-0.05, 0) is 18.6 Å². The van der Waals surface area contributed by atoms with Crippen molar-refractivity contribution in [1.29, 1.82) is 0 Å². The summed E-state index contributed by atoms with van der Waals surface area (Å²) in [5.74, 6) is 0. The fourth-order valence-electron chi connectivity index (χ4n) is 1.51. The molecule has 1 heterocycles. The minimum absolute atomic E-state index is 0.316. The Morgan fingerprint density at radius 3 is 2.88 bits per heavy atom. The Morgan fingerprint density at radius 2 is 2.19 bits per heavy atom. The van der Waals surface area contributed by atoms with Crippen molar-refractivity contribution in [1.82, 2.24) is 15.1 Å². The zero-order valence-electron chi connectivity index (χ0n) is 8.99. The molecule has 5 heteroatoms. The van der Waals surface area contributed by atoms with Crippen LogP contribution in [0.25, 0.3) is 10.9 Å². The molecule has 0 fully saturated rings. The number of para-hydroxylation sites is 1. The largest absolute Gasteiger partial charge is 0.343 e. The van der Waals surface area contributed by atoms with E-state index in [1.165, 1.54) is 0 Å². The first kappa shape index (κ1) is 10.5. The van der Waals surface area contributed by atoms with Gasteiger partial charge >= 0.3 is 6.03 Å². The van der Waals surface area contributed by atoms with Gasteiger partial charge in [0.2, 0.25) is 0 Å². The van der Waals surface area contributed by atoms with Crippen LogP contribution in [0.5, 0.6) is 0 Å². The van der Waals surface area contributed by atoms with Crippen LogP contribution in [0, 0.1) is 0 Å². The number of carbonyl (C=O) groups is 1. The zero-order valence-corrected chi connectivity index (χ0v) is 8.99. The van der Waals surface area contributed by atoms with Gasteiger partial charge in [-0.25, -0.2) is 4.79 Å². The normalized spacial score (nSPS) is 10.6. The number of carbonyl (C=O) groups excluding carboxylic acids is 1. The summed E-state index contributed by atoms with van der Waals surface area (Å²) in [7, 11) is 0. The number of nitrogens with one attached hydrogen (secondary N) is 2.